The van der Waals surface area contributed by atoms with Crippen LogP contribution in [0, 0.1) is 28.1 Å². The van der Waals surface area contributed by atoms with Crippen molar-refractivity contribution in [3.8, 4) is 0 Å². The van der Waals surface area contributed by atoms with Gasteiger partial charge in [0.2, 0.25) is 0 Å². The molecule has 0 aromatic heterocycles. The molecule has 0 N–H and O–H groups in total. The van der Waals surface area contributed by atoms with Gasteiger partial charge < -0.3 is 23.7 Å². The largest absolute Gasteiger partial charge is 0.466 e. The maximum atomic E-state index is 12.7. The van der Waals surface area contributed by atoms with Crippen molar-refractivity contribution in [3.05, 3.63) is 0 Å². The van der Waals surface area contributed by atoms with E-state index in [1.165, 1.54) is 0 Å². The molecule has 0 spiro atoms. The zero-order valence-electron chi connectivity index (χ0n) is 39.3. The van der Waals surface area contributed by atoms with Gasteiger partial charge in [-0.3, -0.25) is 33.6 Å². The average molecular weight is 873 g/mol. The second-order valence-electron chi connectivity index (χ2n) is 17.2. The van der Waals surface area contributed by atoms with Gasteiger partial charge in [0, 0.05) is 12.8 Å². The minimum atomic E-state index is -0.758. The SMILES string of the molecule is C.C.CCCCCCC(=O)C(CCCCC(C)(C)C(=O)OCC)C(=O)OCC.CCOC(=O)C(CCCCC(C)(C)C(=O)OCC)C(=O)CCCCCC(C)(C)C(=O)OCC. The van der Waals surface area contributed by atoms with Crippen LogP contribution in [0.1, 0.15) is 214 Å². The molecule has 12 heteroatoms. The first-order valence-corrected chi connectivity index (χ1v) is 22.6. The van der Waals surface area contributed by atoms with Crippen molar-refractivity contribution in [2.45, 2.75) is 214 Å². The standard InChI is InChI=1S/C26H46O7.C21H38O5.2CH4/c1-8-31-22(28)20(16-13-15-19-26(6,7)24(30)33-10-3)21(27)17-12-11-14-18-25(4,5)23(29)32-9-2;1-6-9-10-11-15-18(22)17(19(23)25-7-2)14-12-13-16-21(4,5)20(24)26-8-3;;/h20H,8-19H2,1-7H3;17H,6-16H2,1-5H3;2*1H4. The number of hydrogen-bond acceptors (Lipinski definition) is 12. The molecular weight excluding hydrogens is 781 g/mol. The highest BCUT2D eigenvalue weighted by Gasteiger charge is 2.32. The molecule has 0 aromatic carbocycles. The van der Waals surface area contributed by atoms with E-state index in [4.69, 9.17) is 23.7 Å². The first kappa shape index (κ1) is 64.3. The van der Waals surface area contributed by atoms with Crippen LogP contribution in [0.2, 0.25) is 0 Å². The van der Waals surface area contributed by atoms with Crippen LogP contribution in [0.5, 0.6) is 0 Å². The second kappa shape index (κ2) is 36.2. The summed E-state index contributed by atoms with van der Waals surface area (Å²) in [5.41, 5.74) is -1.67. The molecule has 0 amide bonds. The van der Waals surface area contributed by atoms with Crippen LogP contribution >= 0.6 is 0 Å². The monoisotopic (exact) mass is 873 g/mol. The van der Waals surface area contributed by atoms with Gasteiger partial charge in [-0.25, -0.2) is 0 Å². The van der Waals surface area contributed by atoms with Gasteiger partial charge in [0.1, 0.15) is 23.4 Å². The summed E-state index contributed by atoms with van der Waals surface area (Å²) in [4.78, 5) is 85.6. The number of rotatable bonds is 33. The maximum Gasteiger partial charge on any atom is 0.316 e. The summed E-state index contributed by atoms with van der Waals surface area (Å²) < 4.78 is 25.5. The number of carbonyl (C=O) groups is 7. The van der Waals surface area contributed by atoms with Crippen LogP contribution in [0.4, 0.5) is 0 Å². The van der Waals surface area contributed by atoms with Gasteiger partial charge in [0.15, 0.2) is 0 Å². The summed E-state index contributed by atoms with van der Waals surface area (Å²) in [6, 6.07) is 0. The van der Waals surface area contributed by atoms with E-state index < -0.39 is 40.0 Å². The van der Waals surface area contributed by atoms with Crippen LogP contribution in [0.25, 0.3) is 0 Å². The van der Waals surface area contributed by atoms with E-state index >= 15 is 0 Å². The zero-order valence-corrected chi connectivity index (χ0v) is 39.3. The Labute approximate surface area is 372 Å². The summed E-state index contributed by atoms with van der Waals surface area (Å²) in [6.07, 6.45) is 12.9. The Morgan fingerprint density at radius 3 is 0.934 bits per heavy atom. The summed E-state index contributed by atoms with van der Waals surface area (Å²) in [5.74, 6) is -3.02. The molecule has 0 radical (unpaired) electrons. The van der Waals surface area contributed by atoms with Crippen molar-refractivity contribution in [3.63, 3.8) is 0 Å². The Balaban J connectivity index is -0.000000529. The van der Waals surface area contributed by atoms with Crippen molar-refractivity contribution < 1.29 is 57.2 Å². The molecule has 0 aromatic rings. The number of ketones is 2. The first-order valence-electron chi connectivity index (χ1n) is 22.6. The Hall–Kier alpha value is -3.31. The lowest BCUT2D eigenvalue weighted by Crippen LogP contribution is -2.28. The molecule has 0 heterocycles. The lowest BCUT2D eigenvalue weighted by Gasteiger charge is -2.22. The third-order valence-corrected chi connectivity index (χ3v) is 10.5. The van der Waals surface area contributed by atoms with E-state index in [1.54, 1.807) is 34.6 Å². The minimum Gasteiger partial charge on any atom is -0.466 e. The van der Waals surface area contributed by atoms with Gasteiger partial charge in [0.05, 0.1) is 49.3 Å². The van der Waals surface area contributed by atoms with Gasteiger partial charge in [-0.2, -0.15) is 0 Å². The van der Waals surface area contributed by atoms with Crippen LogP contribution in [0.15, 0.2) is 0 Å². The maximum absolute atomic E-state index is 12.7. The molecule has 0 aliphatic carbocycles. The molecule has 0 bridgehead atoms. The minimum absolute atomic E-state index is 0. The van der Waals surface area contributed by atoms with Gasteiger partial charge in [0.25, 0.3) is 0 Å². The normalized spacial score (nSPS) is 12.2. The van der Waals surface area contributed by atoms with Gasteiger partial charge in [-0.15, -0.1) is 0 Å². The number of hydrogen-bond donors (Lipinski definition) is 0. The predicted octanol–water partition coefficient (Wildman–Crippen LogP) is 11.6. The predicted molar refractivity (Wildman–Crippen MR) is 244 cm³/mol. The van der Waals surface area contributed by atoms with Crippen LogP contribution in [0.3, 0.4) is 0 Å². The van der Waals surface area contributed by atoms with Gasteiger partial charge >= 0.3 is 29.8 Å². The molecule has 0 fully saturated rings. The number of Topliss-reactive ketones (excluding diaryl/α,β-unsaturated/α-hetero) is 2. The highest BCUT2D eigenvalue weighted by Crippen LogP contribution is 2.29. The molecule has 0 saturated carbocycles. The summed E-state index contributed by atoms with van der Waals surface area (Å²) >= 11 is 0. The van der Waals surface area contributed by atoms with Crippen LogP contribution < -0.4 is 0 Å². The molecule has 0 saturated heterocycles. The molecule has 2 atom stereocenters. The highest BCUT2D eigenvalue weighted by molar-refractivity contribution is 5.99. The fraction of sp³-hybridized carbons (Fsp3) is 0.857. The van der Waals surface area contributed by atoms with Crippen LogP contribution in [-0.2, 0) is 57.2 Å². The first-order chi connectivity index (χ1) is 27.7. The third-order valence-electron chi connectivity index (χ3n) is 10.5. The smallest absolute Gasteiger partial charge is 0.316 e. The van der Waals surface area contributed by atoms with Crippen molar-refractivity contribution >= 4 is 41.4 Å². The Kier molecular flexibility index (Phi) is 38.2. The third kappa shape index (κ3) is 28.8. The van der Waals surface area contributed by atoms with E-state index in [9.17, 15) is 33.6 Å². The topological polar surface area (TPSA) is 166 Å². The van der Waals surface area contributed by atoms with E-state index in [0.29, 0.717) is 84.0 Å². The summed E-state index contributed by atoms with van der Waals surface area (Å²) in [6.45, 7) is 23.8. The molecule has 360 valence electrons. The molecule has 61 heavy (non-hydrogen) atoms. The number of esters is 5. The summed E-state index contributed by atoms with van der Waals surface area (Å²) in [7, 11) is 0. The molecule has 0 rings (SSSR count). The van der Waals surface area contributed by atoms with Crippen molar-refractivity contribution in [2.75, 3.05) is 33.0 Å². The summed E-state index contributed by atoms with van der Waals surface area (Å²) in [5, 5.41) is 0. The molecule has 0 aliphatic rings. The Morgan fingerprint density at radius 1 is 0.377 bits per heavy atom. The van der Waals surface area contributed by atoms with E-state index in [2.05, 4.69) is 6.92 Å². The highest BCUT2D eigenvalue weighted by atomic mass is 16.5. The molecule has 2 unspecified atom stereocenters. The number of ether oxygens (including phenoxy) is 5. The van der Waals surface area contributed by atoms with E-state index in [0.717, 1.165) is 51.4 Å². The second-order valence-corrected chi connectivity index (χ2v) is 17.2. The van der Waals surface area contributed by atoms with Crippen LogP contribution in [-0.4, -0.2) is 74.4 Å². The van der Waals surface area contributed by atoms with Crippen molar-refractivity contribution in [1.29, 1.82) is 0 Å². The average Bonchev–Trinajstić information content (AvgIpc) is 3.16. The molecule has 12 nitrogen and oxygen atoms in total. The Bertz CT molecular complexity index is 1240. The van der Waals surface area contributed by atoms with Gasteiger partial charge in [-0.05, 0) is 121 Å². The lowest BCUT2D eigenvalue weighted by molar-refractivity contribution is -0.154. The van der Waals surface area contributed by atoms with E-state index in [-0.39, 0.29) is 57.5 Å². The fourth-order valence-electron chi connectivity index (χ4n) is 6.54. The molecule has 0 aliphatic heterocycles. The Morgan fingerprint density at radius 2 is 0.656 bits per heavy atom. The van der Waals surface area contributed by atoms with Crippen molar-refractivity contribution in [2.24, 2.45) is 28.1 Å². The van der Waals surface area contributed by atoms with Gasteiger partial charge in [-0.1, -0.05) is 79.6 Å². The van der Waals surface area contributed by atoms with E-state index in [1.807, 2.05) is 41.5 Å². The zero-order chi connectivity index (χ0) is 45.5. The quantitative estimate of drug-likeness (QED) is 0.0265. The van der Waals surface area contributed by atoms with Crippen molar-refractivity contribution in [1.82, 2.24) is 0 Å². The lowest BCUT2D eigenvalue weighted by atomic mass is 9.85. The number of carbonyl (C=O) groups excluding carboxylic acids is 7. The fourth-order valence-corrected chi connectivity index (χ4v) is 6.54. The number of unbranched alkanes of at least 4 members (excludes halogenated alkanes) is 7. The molecular formula is C49H92O12.